The van der Waals surface area contributed by atoms with E-state index in [9.17, 15) is 4.79 Å². The Labute approximate surface area is 70.7 Å². The van der Waals surface area contributed by atoms with Crippen LogP contribution in [0.3, 0.4) is 0 Å². The van der Waals surface area contributed by atoms with E-state index in [1.54, 1.807) is 10.8 Å². The fourth-order valence-corrected chi connectivity index (χ4v) is 2.17. The van der Waals surface area contributed by atoms with Crippen LogP contribution >= 0.6 is 21.6 Å². The van der Waals surface area contributed by atoms with Crippen molar-refractivity contribution in [2.24, 2.45) is 0 Å². The van der Waals surface area contributed by atoms with Gasteiger partial charge in [0, 0.05) is 24.3 Å². The Hall–Kier alpha value is 0.370. The van der Waals surface area contributed by atoms with Crippen molar-refractivity contribution >= 4 is 27.4 Å². The minimum atomic E-state index is 0.379. The van der Waals surface area contributed by atoms with E-state index in [-0.39, 0.29) is 0 Å². The largest absolute Gasteiger partial charge is 0.300 e. The molecule has 0 aromatic heterocycles. The summed E-state index contributed by atoms with van der Waals surface area (Å²) in [7, 11) is 3.62. The molecule has 0 saturated carbocycles. The zero-order chi connectivity index (χ0) is 7.82. The van der Waals surface area contributed by atoms with Crippen molar-refractivity contribution in [1.82, 2.24) is 0 Å². The summed E-state index contributed by atoms with van der Waals surface area (Å²) >= 11 is 0. The Kier molecular flexibility index (Phi) is 7.75. The smallest absolute Gasteiger partial charge is 0.133 e. The maximum absolute atomic E-state index is 10.8. The van der Waals surface area contributed by atoms with Crippen molar-refractivity contribution < 1.29 is 4.79 Å². The summed E-state index contributed by atoms with van der Waals surface area (Å²) in [6, 6.07) is 0. The van der Waals surface area contributed by atoms with Crippen molar-refractivity contribution in [2.75, 3.05) is 11.5 Å². The normalized spacial score (nSPS) is 9.80. The number of carbonyl (C=O) groups excluding carboxylic acids is 1. The topological polar surface area (TPSA) is 17.1 Å². The van der Waals surface area contributed by atoms with Crippen LogP contribution in [0.5, 0.6) is 0 Å². The second kappa shape index (κ2) is 7.48. The highest BCUT2D eigenvalue weighted by Gasteiger charge is 1.96. The highest BCUT2D eigenvalue weighted by Crippen LogP contribution is 2.20. The first-order valence-corrected chi connectivity index (χ1v) is 6.06. The average Bonchev–Trinajstić information content (AvgIpc) is 1.98. The molecule has 0 aliphatic carbocycles. The van der Waals surface area contributed by atoms with Gasteiger partial charge in [-0.05, 0) is 0 Å². The molecule has 0 N–H and O–H groups in total. The number of carbonyl (C=O) groups is 1. The number of hydrogen-bond donors (Lipinski definition) is 0. The molecule has 0 atom stereocenters. The van der Waals surface area contributed by atoms with Gasteiger partial charge in [-0.3, -0.25) is 4.79 Å². The quantitative estimate of drug-likeness (QED) is 0.460. The third-order valence-electron chi connectivity index (χ3n) is 1.06. The molecule has 0 heterocycles. The maximum Gasteiger partial charge on any atom is 0.133 e. The molecule has 0 saturated heterocycles. The molecule has 60 valence electrons. The molecule has 0 aromatic rings. The van der Waals surface area contributed by atoms with Gasteiger partial charge in [0.1, 0.15) is 5.78 Å². The number of Topliss-reactive ketones (excluding diaryl/α,β-unsaturated/α-hetero) is 1. The SMILES string of the molecule is CCSSCCC(=O)CC. The van der Waals surface area contributed by atoms with Crippen molar-refractivity contribution in [2.45, 2.75) is 26.7 Å². The molecular weight excluding hydrogens is 164 g/mol. The Morgan fingerprint density at radius 2 is 2.00 bits per heavy atom. The fraction of sp³-hybridized carbons (Fsp3) is 0.857. The van der Waals surface area contributed by atoms with Crippen molar-refractivity contribution in [3.63, 3.8) is 0 Å². The zero-order valence-electron chi connectivity index (χ0n) is 6.55. The van der Waals surface area contributed by atoms with E-state index in [1.165, 1.54) is 0 Å². The summed E-state index contributed by atoms with van der Waals surface area (Å²) < 4.78 is 0. The van der Waals surface area contributed by atoms with Gasteiger partial charge in [0.05, 0.1) is 0 Å². The van der Waals surface area contributed by atoms with Crippen LogP contribution in [-0.4, -0.2) is 17.3 Å². The lowest BCUT2D eigenvalue weighted by molar-refractivity contribution is -0.118. The Morgan fingerprint density at radius 1 is 1.30 bits per heavy atom. The molecule has 10 heavy (non-hydrogen) atoms. The highest BCUT2D eigenvalue weighted by atomic mass is 33.1. The molecule has 0 rings (SSSR count). The molecular formula is C7H14OS2. The molecule has 1 nitrogen and oxygen atoms in total. The van der Waals surface area contributed by atoms with Gasteiger partial charge in [0.25, 0.3) is 0 Å². The number of hydrogen-bond acceptors (Lipinski definition) is 3. The maximum atomic E-state index is 10.8. The zero-order valence-corrected chi connectivity index (χ0v) is 8.19. The lowest BCUT2D eigenvalue weighted by Crippen LogP contribution is -1.95. The van der Waals surface area contributed by atoms with Crippen LogP contribution < -0.4 is 0 Å². The van der Waals surface area contributed by atoms with Crippen LogP contribution in [0.2, 0.25) is 0 Å². The summed E-state index contributed by atoms with van der Waals surface area (Å²) in [5.41, 5.74) is 0. The third-order valence-corrected chi connectivity index (χ3v) is 3.54. The molecule has 0 aliphatic heterocycles. The minimum absolute atomic E-state index is 0.379. The molecule has 3 heteroatoms. The highest BCUT2D eigenvalue weighted by molar-refractivity contribution is 8.76. The summed E-state index contributed by atoms with van der Waals surface area (Å²) in [6.45, 7) is 4.04. The molecule has 0 aromatic carbocycles. The van der Waals surface area contributed by atoms with Crippen molar-refractivity contribution in [1.29, 1.82) is 0 Å². The molecule has 0 spiro atoms. The fourth-order valence-electron chi connectivity index (χ4n) is 0.475. The van der Waals surface area contributed by atoms with E-state index >= 15 is 0 Å². The average molecular weight is 178 g/mol. The summed E-state index contributed by atoms with van der Waals surface area (Å²) in [6.07, 6.45) is 1.44. The van der Waals surface area contributed by atoms with E-state index in [2.05, 4.69) is 6.92 Å². The molecule has 0 radical (unpaired) electrons. The standard InChI is InChI=1S/C7H14OS2/c1-3-7(8)5-6-10-9-4-2/h3-6H2,1-2H3. The van der Waals surface area contributed by atoms with Gasteiger partial charge in [-0.15, -0.1) is 0 Å². The first-order valence-electron chi connectivity index (χ1n) is 3.57. The van der Waals surface area contributed by atoms with Gasteiger partial charge in [0.2, 0.25) is 0 Å². The number of ketones is 1. The Bertz CT molecular complexity index is 93.6. The van der Waals surface area contributed by atoms with Crippen LogP contribution in [0.4, 0.5) is 0 Å². The van der Waals surface area contributed by atoms with Crippen molar-refractivity contribution in [3.8, 4) is 0 Å². The van der Waals surface area contributed by atoms with Gasteiger partial charge in [-0.2, -0.15) is 0 Å². The van der Waals surface area contributed by atoms with E-state index in [4.69, 9.17) is 0 Å². The van der Waals surface area contributed by atoms with Crippen LogP contribution in [0, 0.1) is 0 Å². The minimum Gasteiger partial charge on any atom is -0.300 e. The van der Waals surface area contributed by atoms with Gasteiger partial charge in [0.15, 0.2) is 0 Å². The lowest BCUT2D eigenvalue weighted by Gasteiger charge is -1.95. The summed E-state index contributed by atoms with van der Waals surface area (Å²) in [5, 5.41) is 0. The second-order valence-electron chi connectivity index (χ2n) is 1.87. The van der Waals surface area contributed by atoms with Gasteiger partial charge in [-0.1, -0.05) is 35.4 Å². The first kappa shape index (κ1) is 10.4. The molecule has 0 aliphatic rings. The predicted molar refractivity (Wildman–Crippen MR) is 50.5 cm³/mol. The summed E-state index contributed by atoms with van der Waals surface area (Å²) in [5.74, 6) is 2.49. The molecule has 0 fully saturated rings. The van der Waals surface area contributed by atoms with Crippen LogP contribution in [0.15, 0.2) is 0 Å². The Balaban J connectivity index is 2.96. The van der Waals surface area contributed by atoms with E-state index in [1.807, 2.05) is 17.7 Å². The third kappa shape index (κ3) is 6.49. The van der Waals surface area contributed by atoms with E-state index in [0.29, 0.717) is 12.2 Å². The van der Waals surface area contributed by atoms with Gasteiger partial charge in [-0.25, -0.2) is 0 Å². The monoisotopic (exact) mass is 178 g/mol. The van der Waals surface area contributed by atoms with Crippen LogP contribution in [0.1, 0.15) is 26.7 Å². The Morgan fingerprint density at radius 3 is 2.50 bits per heavy atom. The molecule has 0 unspecified atom stereocenters. The van der Waals surface area contributed by atoms with Gasteiger partial charge < -0.3 is 0 Å². The van der Waals surface area contributed by atoms with Crippen LogP contribution in [0.25, 0.3) is 0 Å². The van der Waals surface area contributed by atoms with E-state index < -0.39 is 0 Å². The van der Waals surface area contributed by atoms with Crippen LogP contribution in [-0.2, 0) is 4.79 Å². The molecule has 0 bridgehead atoms. The van der Waals surface area contributed by atoms with E-state index in [0.717, 1.165) is 17.9 Å². The molecule has 0 amide bonds. The first-order chi connectivity index (χ1) is 4.81. The summed E-state index contributed by atoms with van der Waals surface area (Å²) in [4.78, 5) is 10.8. The predicted octanol–water partition coefficient (Wildman–Crippen LogP) is 2.76. The van der Waals surface area contributed by atoms with Gasteiger partial charge >= 0.3 is 0 Å². The van der Waals surface area contributed by atoms with Crippen molar-refractivity contribution in [3.05, 3.63) is 0 Å². The second-order valence-corrected chi connectivity index (χ2v) is 4.74. The lowest BCUT2D eigenvalue weighted by atomic mass is 10.2. The number of rotatable bonds is 6.